The van der Waals surface area contributed by atoms with E-state index in [0.29, 0.717) is 0 Å². The fourth-order valence-electron chi connectivity index (χ4n) is 1.09. The molecule has 0 spiro atoms. The normalized spacial score (nSPS) is 46.3. The van der Waals surface area contributed by atoms with Crippen molar-refractivity contribution in [1.82, 2.24) is 0 Å². The van der Waals surface area contributed by atoms with Crippen molar-refractivity contribution < 1.29 is 0 Å². The van der Waals surface area contributed by atoms with Crippen LogP contribution in [-0.2, 0) is 0 Å². The molecular weight excluding hydrogens is 356 g/mol. The van der Waals surface area contributed by atoms with E-state index in [0.717, 1.165) is 0 Å². The largest absolute Gasteiger partial charge is 0.170 e. The molecule has 0 aromatic carbocycles. The highest BCUT2D eigenvalue weighted by Gasteiger charge is 2.65. The van der Waals surface area contributed by atoms with E-state index in [9.17, 15) is 0 Å². The van der Waals surface area contributed by atoms with Crippen LogP contribution in [0, 0.1) is 0 Å². The van der Waals surface area contributed by atoms with E-state index < -0.39 is 30.2 Å². The van der Waals surface area contributed by atoms with E-state index in [1.54, 1.807) is 0 Å². The van der Waals surface area contributed by atoms with Crippen LogP contribution in [0.2, 0.25) is 0 Å². The summed E-state index contributed by atoms with van der Waals surface area (Å²) in [4.78, 5) is 0. The lowest BCUT2D eigenvalue weighted by atomic mass is 9.96. The predicted octanol–water partition coefficient (Wildman–Crippen LogP) is 4.78. The SMILES string of the molecule is ClC1C(Cl)C(Cl)C(Cl)(Cl)C(Cl)(Cl)C1Cl. The minimum absolute atomic E-state index is 0.707. The average molecular weight is 360 g/mol. The lowest BCUT2D eigenvalue weighted by Gasteiger charge is -2.47. The van der Waals surface area contributed by atoms with Crippen LogP contribution < -0.4 is 0 Å². The Morgan fingerprint density at radius 2 is 0.786 bits per heavy atom. The Morgan fingerprint density at radius 1 is 0.571 bits per heavy atom. The first-order valence-electron chi connectivity index (χ1n) is 3.46. The predicted molar refractivity (Wildman–Crippen MR) is 67.4 cm³/mol. The van der Waals surface area contributed by atoms with E-state index in [1.165, 1.54) is 0 Å². The zero-order chi connectivity index (χ0) is 11.3. The molecule has 4 unspecified atom stereocenters. The minimum atomic E-state index is -1.65. The first-order valence-corrected chi connectivity index (χ1v) is 6.71. The van der Waals surface area contributed by atoms with Gasteiger partial charge in [0.2, 0.25) is 0 Å². The topological polar surface area (TPSA) is 0 Å². The molecule has 1 fully saturated rings. The number of hydrogen-bond donors (Lipinski definition) is 0. The molecule has 0 aromatic rings. The van der Waals surface area contributed by atoms with Gasteiger partial charge in [-0.2, -0.15) is 0 Å². The maximum Gasteiger partial charge on any atom is 0.170 e. The quantitative estimate of drug-likeness (QED) is 0.546. The molecular formula is C6H4Cl8. The maximum absolute atomic E-state index is 5.91. The van der Waals surface area contributed by atoms with Crippen molar-refractivity contribution in [1.29, 1.82) is 0 Å². The highest BCUT2D eigenvalue weighted by atomic mass is 35.5. The molecule has 8 heteroatoms. The average Bonchev–Trinajstić information content (AvgIpc) is 2.10. The third kappa shape index (κ3) is 2.04. The summed E-state index contributed by atoms with van der Waals surface area (Å²) in [6, 6.07) is 0. The molecule has 0 aliphatic heterocycles. The molecule has 0 nitrogen and oxygen atoms in total. The van der Waals surface area contributed by atoms with Crippen molar-refractivity contribution >= 4 is 92.8 Å². The molecule has 1 aliphatic rings. The van der Waals surface area contributed by atoms with E-state index in [-0.39, 0.29) is 0 Å². The second kappa shape index (κ2) is 4.53. The van der Waals surface area contributed by atoms with Gasteiger partial charge in [0.15, 0.2) is 8.67 Å². The van der Waals surface area contributed by atoms with E-state index in [1.807, 2.05) is 0 Å². The van der Waals surface area contributed by atoms with Crippen LogP contribution in [0.5, 0.6) is 0 Å². The fraction of sp³-hybridized carbons (Fsp3) is 1.00. The van der Waals surface area contributed by atoms with Crippen molar-refractivity contribution in [3.05, 3.63) is 0 Å². The lowest BCUT2D eigenvalue weighted by Crippen LogP contribution is -2.62. The van der Waals surface area contributed by atoms with Crippen molar-refractivity contribution in [2.45, 2.75) is 30.2 Å². The summed E-state index contributed by atoms with van der Waals surface area (Å²) in [5.41, 5.74) is 0. The molecule has 0 radical (unpaired) electrons. The fourth-order valence-corrected chi connectivity index (χ4v) is 4.06. The van der Waals surface area contributed by atoms with Gasteiger partial charge in [0.25, 0.3) is 0 Å². The zero-order valence-corrected chi connectivity index (χ0v) is 12.4. The van der Waals surface area contributed by atoms with Crippen molar-refractivity contribution in [2.24, 2.45) is 0 Å². The zero-order valence-electron chi connectivity index (χ0n) is 6.33. The van der Waals surface area contributed by atoms with Crippen molar-refractivity contribution in [3.63, 3.8) is 0 Å². The Kier molecular flexibility index (Phi) is 4.66. The monoisotopic (exact) mass is 356 g/mol. The molecule has 0 saturated heterocycles. The van der Waals surface area contributed by atoms with Gasteiger partial charge >= 0.3 is 0 Å². The Labute approximate surface area is 122 Å². The molecule has 0 heterocycles. The molecule has 4 atom stereocenters. The number of halogens is 8. The summed E-state index contributed by atoms with van der Waals surface area (Å²) in [6.07, 6.45) is 0. The van der Waals surface area contributed by atoms with Crippen LogP contribution in [-0.4, -0.2) is 30.2 Å². The standard InChI is InChI=1S/C6H4Cl8/c7-1-2(8)4(10)6(13,14)5(11,12)3(1)9/h1-4H. The number of hydrogen-bond acceptors (Lipinski definition) is 0. The van der Waals surface area contributed by atoms with Crippen LogP contribution >= 0.6 is 92.8 Å². The van der Waals surface area contributed by atoms with Gasteiger partial charge in [-0.25, -0.2) is 0 Å². The summed E-state index contributed by atoms with van der Waals surface area (Å²) in [5, 5.41) is -3.19. The Morgan fingerprint density at radius 3 is 1.00 bits per heavy atom. The molecule has 0 bridgehead atoms. The van der Waals surface area contributed by atoms with Crippen LogP contribution in [0.4, 0.5) is 0 Å². The van der Waals surface area contributed by atoms with Crippen molar-refractivity contribution in [3.8, 4) is 0 Å². The van der Waals surface area contributed by atoms with Crippen molar-refractivity contribution in [2.75, 3.05) is 0 Å². The minimum Gasteiger partial charge on any atom is -0.120 e. The van der Waals surface area contributed by atoms with Crippen LogP contribution in [0.1, 0.15) is 0 Å². The summed E-state index contributed by atoms with van der Waals surface area (Å²) in [6.45, 7) is 0. The number of alkyl halides is 8. The molecule has 1 rings (SSSR count). The van der Waals surface area contributed by atoms with Crippen LogP contribution in [0.25, 0.3) is 0 Å². The highest BCUT2D eigenvalue weighted by molar-refractivity contribution is 6.67. The van der Waals surface area contributed by atoms with Crippen LogP contribution in [0.15, 0.2) is 0 Å². The third-order valence-corrected chi connectivity index (χ3v) is 7.60. The summed E-state index contributed by atoms with van der Waals surface area (Å²) in [7, 11) is 0. The second-order valence-electron chi connectivity index (χ2n) is 2.94. The summed E-state index contributed by atoms with van der Waals surface area (Å²) < 4.78 is -3.30. The molecule has 0 aromatic heterocycles. The van der Waals surface area contributed by atoms with Gasteiger partial charge in [0, 0.05) is 0 Å². The van der Waals surface area contributed by atoms with E-state index >= 15 is 0 Å². The van der Waals surface area contributed by atoms with Gasteiger partial charge in [-0.3, -0.25) is 0 Å². The van der Waals surface area contributed by atoms with E-state index in [2.05, 4.69) is 0 Å². The van der Waals surface area contributed by atoms with Gasteiger partial charge < -0.3 is 0 Å². The van der Waals surface area contributed by atoms with Gasteiger partial charge in [-0.05, 0) is 0 Å². The van der Waals surface area contributed by atoms with Gasteiger partial charge in [-0.15, -0.1) is 46.4 Å². The highest BCUT2D eigenvalue weighted by Crippen LogP contribution is 2.57. The Balaban J connectivity index is 3.10. The summed E-state index contributed by atoms with van der Waals surface area (Å²) in [5.74, 6) is 0. The van der Waals surface area contributed by atoms with Gasteiger partial charge in [0.05, 0.1) is 21.5 Å². The Bertz CT molecular complexity index is 202. The third-order valence-electron chi connectivity index (χ3n) is 2.00. The summed E-state index contributed by atoms with van der Waals surface area (Å²) >= 11 is 47.2. The van der Waals surface area contributed by atoms with Crippen LogP contribution in [0.3, 0.4) is 0 Å². The molecule has 14 heavy (non-hydrogen) atoms. The molecule has 84 valence electrons. The lowest BCUT2D eigenvalue weighted by molar-refractivity contribution is 0.478. The molecule has 1 saturated carbocycles. The van der Waals surface area contributed by atoms with Gasteiger partial charge in [0.1, 0.15) is 0 Å². The first-order chi connectivity index (χ1) is 6.14. The smallest absolute Gasteiger partial charge is 0.120 e. The second-order valence-corrected chi connectivity index (χ2v) is 7.66. The molecule has 0 N–H and O–H groups in total. The Hall–Kier alpha value is 2.32. The first kappa shape index (κ1) is 14.4. The molecule has 0 amide bonds. The van der Waals surface area contributed by atoms with Gasteiger partial charge in [-0.1, -0.05) is 46.4 Å². The number of rotatable bonds is 0. The maximum atomic E-state index is 5.91. The van der Waals surface area contributed by atoms with E-state index in [4.69, 9.17) is 92.8 Å². The molecule has 1 aliphatic carbocycles.